The van der Waals surface area contributed by atoms with Gasteiger partial charge in [0.05, 0.1) is 18.2 Å². The number of aromatic nitrogens is 2. The molecule has 0 saturated heterocycles. The van der Waals surface area contributed by atoms with Crippen LogP contribution in [0.3, 0.4) is 0 Å². The summed E-state index contributed by atoms with van der Waals surface area (Å²) < 4.78 is 9.95. The Hall–Kier alpha value is -1.58. The number of fused-ring (bicyclic) bond motifs is 1. The number of hydrogen-bond donors (Lipinski definition) is 0. The van der Waals surface area contributed by atoms with E-state index in [0.29, 0.717) is 11.5 Å². The van der Waals surface area contributed by atoms with Gasteiger partial charge in [-0.25, -0.2) is 4.98 Å². The van der Waals surface area contributed by atoms with Gasteiger partial charge in [0.2, 0.25) is 5.88 Å². The zero-order valence-electron chi connectivity index (χ0n) is 6.87. The quantitative estimate of drug-likeness (QED) is 0.641. The predicted molar refractivity (Wildman–Crippen MR) is 43.1 cm³/mol. The highest BCUT2D eigenvalue weighted by atomic mass is 16.5. The Morgan fingerprint density at radius 1 is 1.50 bits per heavy atom. The van der Waals surface area contributed by atoms with Crippen LogP contribution in [0.15, 0.2) is 16.8 Å². The van der Waals surface area contributed by atoms with E-state index >= 15 is 0 Å². The maximum Gasteiger partial charge on any atom is 0.216 e. The van der Waals surface area contributed by atoms with Crippen molar-refractivity contribution < 1.29 is 9.26 Å². The van der Waals surface area contributed by atoms with E-state index in [0.717, 1.165) is 11.1 Å². The number of aryl methyl sites for hydroxylation is 1. The first kappa shape index (κ1) is 7.09. The van der Waals surface area contributed by atoms with Gasteiger partial charge in [-0.05, 0) is 6.92 Å². The Morgan fingerprint density at radius 2 is 2.33 bits per heavy atom. The molecule has 0 radical (unpaired) electrons. The molecule has 0 aliphatic carbocycles. The Labute approximate surface area is 69.1 Å². The molecule has 0 spiro atoms. The zero-order valence-corrected chi connectivity index (χ0v) is 6.87. The van der Waals surface area contributed by atoms with Crippen molar-refractivity contribution >= 4 is 11.0 Å². The minimum absolute atomic E-state index is 0.540. The summed E-state index contributed by atoms with van der Waals surface area (Å²) in [6, 6.07) is 1.72. The minimum Gasteiger partial charge on any atom is -0.481 e. The van der Waals surface area contributed by atoms with Crippen LogP contribution < -0.4 is 4.74 Å². The van der Waals surface area contributed by atoms with E-state index in [1.807, 2.05) is 6.92 Å². The summed E-state index contributed by atoms with van der Waals surface area (Å²) in [7, 11) is 1.57. The number of nitrogens with zero attached hydrogens (tertiary/aromatic N) is 2. The van der Waals surface area contributed by atoms with E-state index in [1.165, 1.54) is 0 Å². The standard InChI is InChI=1S/C8H8N2O2/c1-5-6-4-9-8(11-2)3-7(6)12-10-5/h3-4H,1-2H3. The maximum atomic E-state index is 5.02. The molecule has 0 atom stereocenters. The highest BCUT2D eigenvalue weighted by Gasteiger charge is 2.04. The third-order valence-corrected chi connectivity index (χ3v) is 1.72. The fraction of sp³-hybridized carbons (Fsp3) is 0.250. The lowest BCUT2D eigenvalue weighted by molar-refractivity contribution is 0.395. The SMILES string of the molecule is COc1cc2onc(C)c2cn1. The average molecular weight is 164 g/mol. The summed E-state index contributed by atoms with van der Waals surface area (Å²) in [6.45, 7) is 1.87. The minimum atomic E-state index is 0.540. The van der Waals surface area contributed by atoms with E-state index < -0.39 is 0 Å². The second-order valence-corrected chi connectivity index (χ2v) is 2.49. The molecule has 62 valence electrons. The summed E-state index contributed by atoms with van der Waals surface area (Å²) in [6.07, 6.45) is 1.69. The molecular weight excluding hydrogens is 156 g/mol. The van der Waals surface area contributed by atoms with Crippen molar-refractivity contribution in [2.75, 3.05) is 7.11 Å². The molecular formula is C8H8N2O2. The fourth-order valence-electron chi connectivity index (χ4n) is 1.04. The van der Waals surface area contributed by atoms with Gasteiger partial charge in [-0.3, -0.25) is 0 Å². The number of ether oxygens (including phenoxy) is 1. The highest BCUT2D eigenvalue weighted by Crippen LogP contribution is 2.19. The molecule has 0 bridgehead atoms. The van der Waals surface area contributed by atoms with Crippen LogP contribution in [0.1, 0.15) is 5.69 Å². The first-order chi connectivity index (χ1) is 5.81. The van der Waals surface area contributed by atoms with Crippen LogP contribution in [-0.4, -0.2) is 17.3 Å². The summed E-state index contributed by atoms with van der Waals surface area (Å²) in [5.74, 6) is 0.540. The van der Waals surface area contributed by atoms with Crippen molar-refractivity contribution in [3.8, 4) is 5.88 Å². The molecule has 0 unspecified atom stereocenters. The topological polar surface area (TPSA) is 48.2 Å². The van der Waals surface area contributed by atoms with E-state index in [1.54, 1.807) is 19.4 Å². The predicted octanol–water partition coefficient (Wildman–Crippen LogP) is 1.54. The molecule has 2 aromatic rings. The molecule has 0 aromatic carbocycles. The first-order valence-corrected chi connectivity index (χ1v) is 3.57. The monoisotopic (exact) mass is 164 g/mol. The Balaban J connectivity index is 2.69. The lowest BCUT2D eigenvalue weighted by atomic mass is 10.3. The average Bonchev–Trinajstić information content (AvgIpc) is 2.47. The molecule has 0 saturated carbocycles. The van der Waals surface area contributed by atoms with Gasteiger partial charge in [-0.1, -0.05) is 5.16 Å². The van der Waals surface area contributed by atoms with Crippen molar-refractivity contribution in [1.82, 2.24) is 10.1 Å². The third kappa shape index (κ3) is 0.922. The van der Waals surface area contributed by atoms with E-state index in [2.05, 4.69) is 10.1 Å². The number of methoxy groups -OCH3 is 1. The summed E-state index contributed by atoms with van der Waals surface area (Å²) in [5, 5.41) is 4.73. The maximum absolute atomic E-state index is 5.02. The number of rotatable bonds is 1. The van der Waals surface area contributed by atoms with Gasteiger partial charge in [0.1, 0.15) is 0 Å². The molecule has 12 heavy (non-hydrogen) atoms. The van der Waals surface area contributed by atoms with Crippen molar-refractivity contribution in [2.24, 2.45) is 0 Å². The lowest BCUT2D eigenvalue weighted by Crippen LogP contribution is -1.85. The molecule has 0 N–H and O–H groups in total. The van der Waals surface area contributed by atoms with Crippen molar-refractivity contribution in [1.29, 1.82) is 0 Å². The summed E-state index contributed by atoms with van der Waals surface area (Å²) >= 11 is 0. The van der Waals surface area contributed by atoms with Gasteiger partial charge < -0.3 is 9.26 Å². The molecule has 2 rings (SSSR count). The largest absolute Gasteiger partial charge is 0.481 e. The van der Waals surface area contributed by atoms with Crippen LogP contribution in [0.5, 0.6) is 5.88 Å². The van der Waals surface area contributed by atoms with E-state index in [9.17, 15) is 0 Å². The van der Waals surface area contributed by atoms with Gasteiger partial charge in [0, 0.05) is 12.3 Å². The molecule has 0 amide bonds. The van der Waals surface area contributed by atoms with Crippen LogP contribution in [0.4, 0.5) is 0 Å². The normalized spacial score (nSPS) is 10.5. The van der Waals surface area contributed by atoms with Crippen LogP contribution in [0.25, 0.3) is 11.0 Å². The smallest absolute Gasteiger partial charge is 0.216 e. The number of pyridine rings is 1. The molecule has 0 fully saturated rings. The van der Waals surface area contributed by atoms with Crippen LogP contribution >= 0.6 is 0 Å². The van der Waals surface area contributed by atoms with Crippen LogP contribution in [0.2, 0.25) is 0 Å². The molecule has 4 nitrogen and oxygen atoms in total. The van der Waals surface area contributed by atoms with Crippen LogP contribution in [-0.2, 0) is 0 Å². The molecule has 2 aromatic heterocycles. The molecule has 0 aliphatic rings. The highest BCUT2D eigenvalue weighted by molar-refractivity contribution is 5.78. The molecule has 0 aliphatic heterocycles. The Morgan fingerprint density at radius 3 is 3.08 bits per heavy atom. The summed E-state index contributed by atoms with van der Waals surface area (Å²) in [4.78, 5) is 4.04. The van der Waals surface area contributed by atoms with Gasteiger partial charge in [-0.15, -0.1) is 0 Å². The third-order valence-electron chi connectivity index (χ3n) is 1.72. The van der Waals surface area contributed by atoms with Crippen LogP contribution in [0, 0.1) is 6.92 Å². The van der Waals surface area contributed by atoms with Gasteiger partial charge in [0.15, 0.2) is 5.58 Å². The second-order valence-electron chi connectivity index (χ2n) is 2.49. The number of hydrogen-bond acceptors (Lipinski definition) is 4. The second kappa shape index (κ2) is 2.48. The van der Waals surface area contributed by atoms with E-state index in [4.69, 9.17) is 9.26 Å². The van der Waals surface area contributed by atoms with Crippen molar-refractivity contribution in [2.45, 2.75) is 6.92 Å². The van der Waals surface area contributed by atoms with Crippen molar-refractivity contribution in [3.63, 3.8) is 0 Å². The lowest BCUT2D eigenvalue weighted by Gasteiger charge is -1.94. The molecule has 4 heteroatoms. The Bertz CT molecular complexity index is 408. The van der Waals surface area contributed by atoms with E-state index in [-0.39, 0.29) is 0 Å². The zero-order chi connectivity index (χ0) is 8.55. The van der Waals surface area contributed by atoms with Gasteiger partial charge in [0.25, 0.3) is 0 Å². The van der Waals surface area contributed by atoms with Gasteiger partial charge in [-0.2, -0.15) is 0 Å². The summed E-state index contributed by atoms with van der Waals surface area (Å²) in [5.41, 5.74) is 1.56. The Kier molecular flexibility index (Phi) is 1.46. The first-order valence-electron chi connectivity index (χ1n) is 3.57. The fourth-order valence-corrected chi connectivity index (χ4v) is 1.04. The van der Waals surface area contributed by atoms with Crippen molar-refractivity contribution in [3.05, 3.63) is 18.0 Å². The van der Waals surface area contributed by atoms with Gasteiger partial charge >= 0.3 is 0 Å². The molecule has 2 heterocycles.